The average molecular weight is 374 g/mol. The number of aryl methyl sites for hydroxylation is 3. The van der Waals surface area contributed by atoms with Crippen LogP contribution in [0.15, 0.2) is 53.5 Å². The third-order valence-electron chi connectivity index (χ3n) is 4.91. The molecule has 0 amide bonds. The molecule has 4 aromatic rings. The minimum Gasteiger partial charge on any atom is -0.494 e. The Morgan fingerprint density at radius 1 is 0.964 bits per heavy atom. The van der Waals surface area contributed by atoms with Crippen molar-refractivity contribution >= 4 is 11.0 Å². The Bertz CT molecular complexity index is 1220. The Kier molecular flexibility index (Phi) is 4.47. The molecule has 0 bridgehead atoms. The molecule has 2 heterocycles. The molecular formula is C22H22N4O2. The van der Waals surface area contributed by atoms with Gasteiger partial charge in [0.05, 0.1) is 24.2 Å². The quantitative estimate of drug-likeness (QED) is 0.544. The van der Waals surface area contributed by atoms with Gasteiger partial charge in [0.1, 0.15) is 17.0 Å². The lowest BCUT2D eigenvalue weighted by Gasteiger charge is -2.11. The predicted octanol–water partition coefficient (Wildman–Crippen LogP) is 3.90. The first kappa shape index (κ1) is 18.0. The molecule has 0 radical (unpaired) electrons. The van der Waals surface area contributed by atoms with Crippen molar-refractivity contribution in [1.29, 1.82) is 0 Å². The van der Waals surface area contributed by atoms with Gasteiger partial charge in [0.2, 0.25) is 0 Å². The molecule has 0 aliphatic carbocycles. The fourth-order valence-corrected chi connectivity index (χ4v) is 3.28. The summed E-state index contributed by atoms with van der Waals surface area (Å²) in [5.74, 6) is 1.38. The van der Waals surface area contributed by atoms with E-state index in [4.69, 9.17) is 9.72 Å². The monoisotopic (exact) mass is 374 g/mol. The van der Waals surface area contributed by atoms with Gasteiger partial charge in [-0.2, -0.15) is 5.10 Å². The number of hydrogen-bond acceptors (Lipinski definition) is 4. The molecule has 0 atom stereocenters. The third-order valence-corrected chi connectivity index (χ3v) is 4.91. The Balaban J connectivity index is 1.86. The van der Waals surface area contributed by atoms with Crippen LogP contribution in [0.1, 0.15) is 23.9 Å². The van der Waals surface area contributed by atoms with E-state index in [0.29, 0.717) is 23.5 Å². The maximum atomic E-state index is 13.2. The highest BCUT2D eigenvalue weighted by atomic mass is 16.5. The van der Waals surface area contributed by atoms with Crippen molar-refractivity contribution in [2.45, 2.75) is 27.7 Å². The summed E-state index contributed by atoms with van der Waals surface area (Å²) in [5.41, 5.74) is 4.44. The first-order chi connectivity index (χ1) is 13.5. The highest BCUT2D eigenvalue weighted by Crippen LogP contribution is 2.20. The smallest absolute Gasteiger partial charge is 0.269 e. The number of ether oxygens (including phenoxy) is 1. The lowest BCUT2D eigenvalue weighted by molar-refractivity contribution is 0.340. The molecule has 142 valence electrons. The van der Waals surface area contributed by atoms with Gasteiger partial charge < -0.3 is 4.74 Å². The van der Waals surface area contributed by atoms with E-state index in [9.17, 15) is 4.79 Å². The van der Waals surface area contributed by atoms with Crippen LogP contribution < -0.4 is 10.3 Å². The van der Waals surface area contributed by atoms with Gasteiger partial charge in [-0.25, -0.2) is 9.67 Å². The zero-order valence-corrected chi connectivity index (χ0v) is 16.4. The number of nitrogens with zero attached hydrogens (tertiary/aromatic N) is 4. The van der Waals surface area contributed by atoms with Crippen LogP contribution in [0.4, 0.5) is 0 Å². The molecule has 6 heteroatoms. The summed E-state index contributed by atoms with van der Waals surface area (Å²) >= 11 is 0. The van der Waals surface area contributed by atoms with Gasteiger partial charge in [-0.15, -0.1) is 0 Å². The second kappa shape index (κ2) is 6.96. The molecule has 2 aromatic heterocycles. The number of benzene rings is 2. The lowest BCUT2D eigenvalue weighted by atomic mass is 10.1. The summed E-state index contributed by atoms with van der Waals surface area (Å²) < 4.78 is 8.80. The van der Waals surface area contributed by atoms with Gasteiger partial charge in [-0.3, -0.25) is 9.36 Å². The van der Waals surface area contributed by atoms with E-state index in [1.165, 1.54) is 11.1 Å². The Morgan fingerprint density at radius 2 is 1.68 bits per heavy atom. The van der Waals surface area contributed by atoms with E-state index in [1.807, 2.05) is 50.2 Å². The highest BCUT2D eigenvalue weighted by Gasteiger charge is 2.15. The molecule has 0 unspecified atom stereocenters. The first-order valence-electron chi connectivity index (χ1n) is 9.28. The molecule has 4 rings (SSSR count). The summed E-state index contributed by atoms with van der Waals surface area (Å²) in [5, 5.41) is 4.92. The second-order valence-electron chi connectivity index (χ2n) is 6.79. The van der Waals surface area contributed by atoms with Gasteiger partial charge in [-0.1, -0.05) is 6.07 Å². The van der Waals surface area contributed by atoms with Gasteiger partial charge in [0.25, 0.3) is 5.56 Å². The van der Waals surface area contributed by atoms with E-state index in [1.54, 1.807) is 15.4 Å². The maximum Gasteiger partial charge on any atom is 0.269 e. The van der Waals surface area contributed by atoms with E-state index >= 15 is 0 Å². The minimum atomic E-state index is -0.137. The topological polar surface area (TPSA) is 61.9 Å². The number of aromatic nitrogens is 4. The van der Waals surface area contributed by atoms with E-state index < -0.39 is 0 Å². The molecule has 0 N–H and O–H groups in total. The molecule has 0 aliphatic rings. The number of fused-ring (bicyclic) bond motifs is 1. The normalized spacial score (nSPS) is 11.1. The number of rotatable bonds is 4. The molecular weight excluding hydrogens is 352 g/mol. The van der Waals surface area contributed by atoms with Crippen molar-refractivity contribution in [3.8, 4) is 17.1 Å². The maximum absolute atomic E-state index is 13.2. The van der Waals surface area contributed by atoms with Gasteiger partial charge in [0.15, 0.2) is 5.65 Å². The van der Waals surface area contributed by atoms with E-state index in [2.05, 4.69) is 25.0 Å². The summed E-state index contributed by atoms with van der Waals surface area (Å²) in [6.07, 6.45) is 1.59. The summed E-state index contributed by atoms with van der Waals surface area (Å²) in [7, 11) is 0. The fraction of sp³-hybridized carbons (Fsp3) is 0.227. The van der Waals surface area contributed by atoms with Crippen LogP contribution in [0.2, 0.25) is 0 Å². The van der Waals surface area contributed by atoms with Gasteiger partial charge >= 0.3 is 0 Å². The molecule has 0 saturated carbocycles. The molecule has 0 fully saturated rings. The van der Waals surface area contributed by atoms with Crippen molar-refractivity contribution in [2.75, 3.05) is 6.61 Å². The summed E-state index contributed by atoms with van der Waals surface area (Å²) in [6, 6.07) is 13.5. The highest BCUT2D eigenvalue weighted by molar-refractivity contribution is 5.76. The third kappa shape index (κ3) is 2.97. The average Bonchev–Trinajstić information content (AvgIpc) is 3.09. The second-order valence-corrected chi connectivity index (χ2v) is 6.79. The van der Waals surface area contributed by atoms with Crippen molar-refractivity contribution in [3.63, 3.8) is 0 Å². The molecule has 6 nitrogen and oxygen atoms in total. The van der Waals surface area contributed by atoms with Crippen LogP contribution in [0.3, 0.4) is 0 Å². The van der Waals surface area contributed by atoms with Crippen LogP contribution in [-0.2, 0) is 0 Å². The fourth-order valence-electron chi connectivity index (χ4n) is 3.28. The SMILES string of the molecule is CCOc1ccc(-n2c(C)nc3c(cnn3-c3ccc(C)c(C)c3)c2=O)cc1. The van der Waals surface area contributed by atoms with Crippen molar-refractivity contribution in [1.82, 2.24) is 19.3 Å². The van der Waals surface area contributed by atoms with Crippen molar-refractivity contribution in [3.05, 3.63) is 76.0 Å². The lowest BCUT2D eigenvalue weighted by Crippen LogP contribution is -2.22. The van der Waals surface area contributed by atoms with Crippen LogP contribution in [0.25, 0.3) is 22.4 Å². The van der Waals surface area contributed by atoms with Gasteiger partial charge in [0, 0.05) is 0 Å². The van der Waals surface area contributed by atoms with Crippen LogP contribution in [0.5, 0.6) is 5.75 Å². The van der Waals surface area contributed by atoms with Gasteiger partial charge in [-0.05, 0) is 75.2 Å². The predicted molar refractivity (Wildman–Crippen MR) is 110 cm³/mol. The molecule has 28 heavy (non-hydrogen) atoms. The zero-order valence-electron chi connectivity index (χ0n) is 16.4. The zero-order chi connectivity index (χ0) is 19.8. The first-order valence-corrected chi connectivity index (χ1v) is 9.28. The Morgan fingerprint density at radius 3 is 2.36 bits per heavy atom. The molecule has 0 aliphatic heterocycles. The molecule has 2 aromatic carbocycles. The number of hydrogen-bond donors (Lipinski definition) is 0. The Labute approximate surface area is 163 Å². The van der Waals surface area contributed by atoms with Crippen LogP contribution >= 0.6 is 0 Å². The van der Waals surface area contributed by atoms with Crippen molar-refractivity contribution < 1.29 is 4.74 Å². The molecule has 0 spiro atoms. The van der Waals surface area contributed by atoms with Crippen LogP contribution in [0, 0.1) is 20.8 Å². The largest absolute Gasteiger partial charge is 0.494 e. The van der Waals surface area contributed by atoms with Crippen molar-refractivity contribution in [2.24, 2.45) is 0 Å². The molecule has 0 saturated heterocycles. The standard InChI is InChI=1S/C22H22N4O2/c1-5-28-19-10-8-17(9-11-19)25-16(4)24-21-20(22(25)27)13-23-26(21)18-7-6-14(2)15(3)12-18/h6-13H,5H2,1-4H3. The summed E-state index contributed by atoms with van der Waals surface area (Å²) in [4.78, 5) is 17.9. The van der Waals surface area contributed by atoms with E-state index in [0.717, 1.165) is 17.1 Å². The Hall–Kier alpha value is -3.41. The minimum absolute atomic E-state index is 0.137. The van der Waals surface area contributed by atoms with Crippen LogP contribution in [-0.4, -0.2) is 25.9 Å². The summed E-state index contributed by atoms with van der Waals surface area (Å²) in [6.45, 7) is 8.49. The van der Waals surface area contributed by atoms with E-state index in [-0.39, 0.29) is 5.56 Å².